The Balaban J connectivity index is 3.79. The van der Waals surface area contributed by atoms with Gasteiger partial charge in [0.15, 0.2) is 6.29 Å². The van der Waals surface area contributed by atoms with E-state index in [1.165, 1.54) is 7.11 Å². The molecule has 0 bridgehead atoms. The molecule has 0 radical (unpaired) electrons. The van der Waals surface area contributed by atoms with Crippen LogP contribution in [0.5, 0.6) is 0 Å². The van der Waals surface area contributed by atoms with E-state index in [4.69, 9.17) is 23.7 Å². The molecule has 0 aliphatic carbocycles. The third-order valence-corrected chi connectivity index (χ3v) is 2.38. The fourth-order valence-corrected chi connectivity index (χ4v) is 1.33. The first-order valence-electron chi connectivity index (χ1n) is 6.69. The van der Waals surface area contributed by atoms with E-state index in [1.807, 2.05) is 13.8 Å². The molecule has 2 unspecified atom stereocenters. The minimum absolute atomic E-state index is 0.150. The van der Waals surface area contributed by atoms with E-state index in [0.29, 0.717) is 25.4 Å². The molecule has 0 aromatic carbocycles. The molecule has 0 saturated carbocycles. The maximum Gasteiger partial charge on any atom is 0.333 e. The van der Waals surface area contributed by atoms with Gasteiger partial charge in [0.05, 0.1) is 19.8 Å². The van der Waals surface area contributed by atoms with Gasteiger partial charge < -0.3 is 23.7 Å². The van der Waals surface area contributed by atoms with Crippen LogP contribution in [-0.2, 0) is 28.5 Å². The van der Waals surface area contributed by atoms with Crippen molar-refractivity contribution in [1.82, 2.24) is 0 Å². The fourth-order valence-electron chi connectivity index (χ4n) is 1.33. The van der Waals surface area contributed by atoms with Gasteiger partial charge in [-0.25, -0.2) is 4.79 Å². The molecule has 2 atom stereocenters. The van der Waals surface area contributed by atoms with Crippen LogP contribution in [-0.4, -0.2) is 58.5 Å². The second-order valence-electron chi connectivity index (χ2n) is 4.16. The predicted octanol–water partition coefficient (Wildman–Crippen LogP) is 1.54. The standard InChI is InChI=1S/C14H26O6/c1-6-17-7-8-18-12(4)14(16-5)20-10-9-19-13(15)11(2)3/h12,14H,2,6-10H2,1,3-5H3. The molecule has 0 N–H and O–H groups in total. The zero-order valence-corrected chi connectivity index (χ0v) is 12.8. The normalized spacial score (nSPS) is 13.8. The van der Waals surface area contributed by atoms with Gasteiger partial charge in [-0.1, -0.05) is 6.58 Å². The van der Waals surface area contributed by atoms with Crippen molar-refractivity contribution in [1.29, 1.82) is 0 Å². The van der Waals surface area contributed by atoms with E-state index in [-0.39, 0.29) is 19.3 Å². The Bertz CT molecular complexity index is 279. The van der Waals surface area contributed by atoms with Crippen LogP contribution in [0.25, 0.3) is 0 Å². The Labute approximate surface area is 121 Å². The van der Waals surface area contributed by atoms with Gasteiger partial charge >= 0.3 is 5.97 Å². The summed E-state index contributed by atoms with van der Waals surface area (Å²) < 4.78 is 26.2. The quantitative estimate of drug-likeness (QED) is 0.235. The van der Waals surface area contributed by atoms with Crippen LogP contribution in [0.1, 0.15) is 20.8 Å². The zero-order valence-electron chi connectivity index (χ0n) is 12.8. The molecule has 0 aliphatic heterocycles. The molecule has 6 heteroatoms. The lowest BCUT2D eigenvalue weighted by Gasteiger charge is -2.23. The van der Waals surface area contributed by atoms with Crippen molar-refractivity contribution in [3.05, 3.63) is 12.2 Å². The van der Waals surface area contributed by atoms with Crippen LogP contribution in [0.4, 0.5) is 0 Å². The summed E-state index contributed by atoms with van der Waals surface area (Å²) in [5.74, 6) is -0.427. The Morgan fingerprint density at radius 1 is 1.15 bits per heavy atom. The van der Waals surface area contributed by atoms with Crippen molar-refractivity contribution in [3.8, 4) is 0 Å². The van der Waals surface area contributed by atoms with Gasteiger partial charge in [0.25, 0.3) is 0 Å². The Kier molecular flexibility index (Phi) is 11.3. The Morgan fingerprint density at radius 2 is 1.80 bits per heavy atom. The molecule has 118 valence electrons. The summed E-state index contributed by atoms with van der Waals surface area (Å²) in [5, 5.41) is 0. The highest BCUT2D eigenvalue weighted by atomic mass is 16.7. The third-order valence-electron chi connectivity index (χ3n) is 2.38. The highest BCUT2D eigenvalue weighted by Crippen LogP contribution is 2.05. The molecule has 0 amide bonds. The molecule has 0 aromatic rings. The van der Waals surface area contributed by atoms with Crippen LogP contribution >= 0.6 is 0 Å². The van der Waals surface area contributed by atoms with Crippen LogP contribution in [0.15, 0.2) is 12.2 Å². The smallest absolute Gasteiger partial charge is 0.333 e. The van der Waals surface area contributed by atoms with Crippen molar-refractivity contribution in [3.63, 3.8) is 0 Å². The van der Waals surface area contributed by atoms with Gasteiger partial charge in [-0.15, -0.1) is 0 Å². The van der Waals surface area contributed by atoms with Gasteiger partial charge in [-0.3, -0.25) is 0 Å². The van der Waals surface area contributed by atoms with Gasteiger partial charge in [0.1, 0.15) is 12.7 Å². The molecule has 0 rings (SSSR count). The number of hydrogen-bond donors (Lipinski definition) is 0. The van der Waals surface area contributed by atoms with Gasteiger partial charge in [-0.2, -0.15) is 0 Å². The summed E-state index contributed by atoms with van der Waals surface area (Å²) in [6.07, 6.45) is -0.752. The minimum atomic E-state index is -0.514. The van der Waals surface area contributed by atoms with Crippen molar-refractivity contribution < 1.29 is 28.5 Å². The van der Waals surface area contributed by atoms with Gasteiger partial charge in [0, 0.05) is 19.3 Å². The minimum Gasteiger partial charge on any atom is -0.460 e. The maximum absolute atomic E-state index is 11.1. The van der Waals surface area contributed by atoms with Crippen molar-refractivity contribution in [2.24, 2.45) is 0 Å². The molecular weight excluding hydrogens is 264 g/mol. The van der Waals surface area contributed by atoms with Crippen molar-refractivity contribution in [2.75, 3.05) is 40.1 Å². The summed E-state index contributed by atoms with van der Waals surface area (Å²) in [5.41, 5.74) is 0.362. The topological polar surface area (TPSA) is 63.2 Å². The maximum atomic E-state index is 11.1. The average molecular weight is 290 g/mol. The molecule has 0 heterocycles. The summed E-state index contributed by atoms with van der Waals surface area (Å²) in [7, 11) is 1.53. The third kappa shape index (κ3) is 9.03. The SMILES string of the molecule is C=C(C)C(=O)OCCOC(OC)C(C)OCCOCC. The highest BCUT2D eigenvalue weighted by molar-refractivity contribution is 5.86. The molecule has 0 saturated heterocycles. The van der Waals surface area contributed by atoms with Crippen LogP contribution in [0.2, 0.25) is 0 Å². The van der Waals surface area contributed by atoms with Crippen LogP contribution in [0.3, 0.4) is 0 Å². The highest BCUT2D eigenvalue weighted by Gasteiger charge is 2.18. The number of esters is 1. The molecule has 0 fully saturated rings. The van der Waals surface area contributed by atoms with Gasteiger partial charge in [0.2, 0.25) is 0 Å². The van der Waals surface area contributed by atoms with E-state index in [1.54, 1.807) is 6.92 Å². The summed E-state index contributed by atoms with van der Waals surface area (Å²) in [6.45, 7) is 10.9. The predicted molar refractivity (Wildman–Crippen MR) is 74.4 cm³/mol. The number of carbonyl (C=O) groups excluding carboxylic acids is 1. The molecule has 0 spiro atoms. The van der Waals surface area contributed by atoms with E-state index in [2.05, 4.69) is 6.58 Å². The average Bonchev–Trinajstić information content (AvgIpc) is 2.43. The largest absolute Gasteiger partial charge is 0.460 e. The lowest BCUT2D eigenvalue weighted by atomic mass is 10.4. The van der Waals surface area contributed by atoms with Crippen molar-refractivity contribution >= 4 is 5.97 Å². The number of hydrogen-bond acceptors (Lipinski definition) is 6. The Morgan fingerprint density at radius 3 is 2.35 bits per heavy atom. The van der Waals surface area contributed by atoms with E-state index in [0.717, 1.165) is 0 Å². The van der Waals surface area contributed by atoms with Crippen LogP contribution in [0, 0.1) is 0 Å². The van der Waals surface area contributed by atoms with Crippen molar-refractivity contribution in [2.45, 2.75) is 33.2 Å². The zero-order chi connectivity index (χ0) is 15.4. The van der Waals surface area contributed by atoms with Gasteiger partial charge in [-0.05, 0) is 20.8 Å². The first kappa shape index (κ1) is 19.1. The molecular formula is C14H26O6. The van der Waals surface area contributed by atoms with E-state index < -0.39 is 12.3 Å². The van der Waals surface area contributed by atoms with E-state index >= 15 is 0 Å². The lowest BCUT2D eigenvalue weighted by molar-refractivity contribution is -0.197. The molecule has 0 aliphatic rings. The van der Waals surface area contributed by atoms with E-state index in [9.17, 15) is 4.79 Å². The summed E-state index contributed by atoms with van der Waals surface area (Å²) in [4.78, 5) is 11.1. The first-order valence-corrected chi connectivity index (χ1v) is 6.69. The number of rotatable bonds is 12. The molecule has 20 heavy (non-hydrogen) atoms. The first-order chi connectivity index (χ1) is 9.52. The number of ether oxygens (including phenoxy) is 5. The lowest BCUT2D eigenvalue weighted by Crippen LogP contribution is -2.33. The number of methoxy groups -OCH3 is 1. The summed E-state index contributed by atoms with van der Waals surface area (Å²) >= 11 is 0. The number of carbonyl (C=O) groups is 1. The molecule has 0 aromatic heterocycles. The van der Waals surface area contributed by atoms with Crippen LogP contribution < -0.4 is 0 Å². The second kappa shape index (κ2) is 11.8. The summed E-state index contributed by atoms with van der Waals surface area (Å²) in [6, 6.07) is 0. The molecule has 6 nitrogen and oxygen atoms in total. The monoisotopic (exact) mass is 290 g/mol. The Hall–Kier alpha value is -0.950. The second-order valence-corrected chi connectivity index (χ2v) is 4.16. The fraction of sp³-hybridized carbons (Fsp3) is 0.786.